The van der Waals surface area contributed by atoms with E-state index in [-0.39, 0.29) is 30.4 Å². The van der Waals surface area contributed by atoms with Gasteiger partial charge in [-0.15, -0.1) is 0 Å². The zero-order valence-electron chi connectivity index (χ0n) is 16.8. The molecule has 6 nitrogen and oxygen atoms in total. The predicted octanol–water partition coefficient (Wildman–Crippen LogP) is 2.31. The number of amides is 1. The Morgan fingerprint density at radius 2 is 1.72 bits per heavy atom. The average Bonchev–Trinajstić information content (AvgIpc) is 2.71. The largest absolute Gasteiger partial charge is 0.344 e. The topological polar surface area (TPSA) is 60.9 Å². The minimum Gasteiger partial charge on any atom is -0.344 e. The Morgan fingerprint density at radius 3 is 2.34 bits per heavy atom. The molecule has 3 rings (SSSR count). The molecule has 29 heavy (non-hydrogen) atoms. The summed E-state index contributed by atoms with van der Waals surface area (Å²) in [6.45, 7) is 2.31. The van der Waals surface area contributed by atoms with E-state index >= 15 is 0 Å². The molecule has 1 aromatic carbocycles. The van der Waals surface area contributed by atoms with Crippen molar-refractivity contribution >= 4 is 15.9 Å². The number of nitrogens with zero attached hydrogens (tertiary/aromatic N) is 3. The van der Waals surface area contributed by atoms with Crippen LogP contribution in [0, 0.1) is 17.6 Å². The number of carbonyl (C=O) groups is 1. The Bertz CT molecular complexity index is 820. The number of halogens is 2. The number of benzene rings is 1. The molecule has 0 bridgehead atoms. The summed E-state index contributed by atoms with van der Waals surface area (Å²) in [5, 5.41) is 0. The lowest BCUT2D eigenvalue weighted by molar-refractivity contribution is -0.132. The van der Waals surface area contributed by atoms with Gasteiger partial charge in [-0.2, -0.15) is 4.31 Å². The quantitative estimate of drug-likeness (QED) is 0.696. The number of hydrogen-bond donors (Lipinski definition) is 0. The van der Waals surface area contributed by atoms with E-state index in [9.17, 15) is 22.0 Å². The molecule has 0 N–H and O–H groups in total. The van der Waals surface area contributed by atoms with Crippen LogP contribution in [0.2, 0.25) is 0 Å². The summed E-state index contributed by atoms with van der Waals surface area (Å²) < 4.78 is 53.1. The van der Waals surface area contributed by atoms with E-state index in [4.69, 9.17) is 0 Å². The van der Waals surface area contributed by atoms with Crippen LogP contribution in [0.5, 0.6) is 0 Å². The first-order valence-electron chi connectivity index (χ1n) is 10.2. The molecular formula is C20H29F2N3O3S. The molecule has 9 heteroatoms. The molecule has 0 spiro atoms. The van der Waals surface area contributed by atoms with Gasteiger partial charge in [-0.3, -0.25) is 9.69 Å². The lowest BCUT2D eigenvalue weighted by Crippen LogP contribution is -2.51. The van der Waals surface area contributed by atoms with Crippen molar-refractivity contribution in [2.24, 2.45) is 5.92 Å². The van der Waals surface area contributed by atoms with Crippen molar-refractivity contribution in [1.29, 1.82) is 0 Å². The Morgan fingerprint density at radius 1 is 1.07 bits per heavy atom. The number of carbonyl (C=O) groups excluding carboxylic acids is 1. The highest BCUT2D eigenvalue weighted by atomic mass is 32.2. The van der Waals surface area contributed by atoms with Crippen molar-refractivity contribution in [3.63, 3.8) is 0 Å². The van der Waals surface area contributed by atoms with Crippen molar-refractivity contribution < 1.29 is 22.0 Å². The third kappa shape index (κ3) is 5.52. The van der Waals surface area contributed by atoms with Gasteiger partial charge >= 0.3 is 0 Å². The Hall–Kier alpha value is -1.58. The number of piperazine rings is 1. The van der Waals surface area contributed by atoms with E-state index in [0.29, 0.717) is 25.1 Å². The summed E-state index contributed by atoms with van der Waals surface area (Å²) in [5.41, 5.74) is 0. The second-order valence-electron chi connectivity index (χ2n) is 8.03. The monoisotopic (exact) mass is 429 g/mol. The summed E-state index contributed by atoms with van der Waals surface area (Å²) >= 11 is 0. The molecule has 0 radical (unpaired) electrons. The number of sulfonamides is 1. The second-order valence-corrected chi connectivity index (χ2v) is 9.97. The molecule has 1 aliphatic heterocycles. The standard InChI is InChI=1S/C20H29F2N3O3S/c1-23(14-16-5-3-2-4-6-16)20(26)15-24-9-11-25(12-10-24)29(27,28)17-7-8-18(21)19(22)13-17/h7-8,13,16H,2-6,9-12,14-15H2,1H3. The Kier molecular flexibility index (Phi) is 7.23. The van der Waals surface area contributed by atoms with Gasteiger partial charge in [0.25, 0.3) is 0 Å². The summed E-state index contributed by atoms with van der Waals surface area (Å²) in [6, 6.07) is 2.60. The molecule has 0 unspecified atom stereocenters. The van der Waals surface area contributed by atoms with Gasteiger partial charge < -0.3 is 4.90 Å². The molecule has 1 aromatic rings. The molecule has 0 atom stereocenters. The molecule has 2 aliphatic rings. The van der Waals surface area contributed by atoms with E-state index in [1.54, 1.807) is 4.90 Å². The fourth-order valence-electron chi connectivity index (χ4n) is 4.09. The third-order valence-electron chi connectivity index (χ3n) is 5.90. The van der Waals surface area contributed by atoms with Crippen LogP contribution in [0.3, 0.4) is 0 Å². The van der Waals surface area contributed by atoms with E-state index in [1.165, 1.54) is 36.4 Å². The maximum Gasteiger partial charge on any atom is 0.243 e. The van der Waals surface area contributed by atoms with E-state index in [1.807, 2.05) is 11.9 Å². The first-order valence-corrected chi connectivity index (χ1v) is 11.6. The van der Waals surface area contributed by atoms with Crippen LogP contribution in [0.4, 0.5) is 8.78 Å². The lowest BCUT2D eigenvalue weighted by Gasteiger charge is -2.35. The summed E-state index contributed by atoms with van der Waals surface area (Å²) in [6.07, 6.45) is 6.12. The van der Waals surface area contributed by atoms with E-state index < -0.39 is 21.7 Å². The van der Waals surface area contributed by atoms with Gasteiger partial charge in [0.15, 0.2) is 11.6 Å². The van der Waals surface area contributed by atoms with Crippen molar-refractivity contribution in [1.82, 2.24) is 14.1 Å². The fraction of sp³-hybridized carbons (Fsp3) is 0.650. The molecule has 162 valence electrons. The average molecular weight is 430 g/mol. The first-order chi connectivity index (χ1) is 13.8. The van der Waals surface area contributed by atoms with Crippen LogP contribution in [0.25, 0.3) is 0 Å². The second kappa shape index (κ2) is 9.49. The van der Waals surface area contributed by atoms with Gasteiger partial charge in [0.1, 0.15) is 0 Å². The molecule has 0 aromatic heterocycles. The van der Waals surface area contributed by atoms with Crippen LogP contribution in [-0.2, 0) is 14.8 Å². The maximum atomic E-state index is 13.4. The normalized spacial score (nSPS) is 20.0. The molecular weight excluding hydrogens is 400 g/mol. The zero-order chi connectivity index (χ0) is 21.0. The van der Waals surface area contributed by atoms with Crippen molar-refractivity contribution in [3.8, 4) is 0 Å². The Balaban J connectivity index is 1.50. The number of rotatable bonds is 6. The molecule has 1 saturated carbocycles. The number of likely N-dealkylation sites (N-methyl/N-ethyl adjacent to an activating group) is 1. The highest BCUT2D eigenvalue weighted by molar-refractivity contribution is 7.89. The summed E-state index contributed by atoms with van der Waals surface area (Å²) in [7, 11) is -2.05. The van der Waals surface area contributed by atoms with Crippen molar-refractivity contribution in [3.05, 3.63) is 29.8 Å². The van der Waals surface area contributed by atoms with Gasteiger partial charge in [-0.05, 0) is 37.0 Å². The minimum atomic E-state index is -3.88. The van der Waals surface area contributed by atoms with Crippen LogP contribution in [0.1, 0.15) is 32.1 Å². The van der Waals surface area contributed by atoms with E-state index in [0.717, 1.165) is 18.7 Å². The first kappa shape index (κ1) is 22.1. The lowest BCUT2D eigenvalue weighted by atomic mass is 9.89. The minimum absolute atomic E-state index is 0.0486. The van der Waals surface area contributed by atoms with Crippen LogP contribution in [0.15, 0.2) is 23.1 Å². The highest BCUT2D eigenvalue weighted by Crippen LogP contribution is 2.24. The summed E-state index contributed by atoms with van der Waals surface area (Å²) in [5.74, 6) is -1.63. The maximum absolute atomic E-state index is 13.4. The van der Waals surface area contributed by atoms with Crippen LogP contribution >= 0.6 is 0 Å². The summed E-state index contributed by atoms with van der Waals surface area (Å²) in [4.78, 5) is 16.0. The van der Waals surface area contributed by atoms with Crippen LogP contribution < -0.4 is 0 Å². The molecule has 1 heterocycles. The van der Waals surface area contributed by atoms with Gasteiger partial charge in [-0.1, -0.05) is 19.3 Å². The molecule has 1 saturated heterocycles. The molecule has 2 fully saturated rings. The molecule has 1 aliphatic carbocycles. The molecule has 1 amide bonds. The Labute approximate surface area is 171 Å². The predicted molar refractivity (Wildman–Crippen MR) is 106 cm³/mol. The van der Waals surface area contributed by atoms with Crippen molar-refractivity contribution in [2.45, 2.75) is 37.0 Å². The van der Waals surface area contributed by atoms with Gasteiger partial charge in [0.05, 0.1) is 11.4 Å². The zero-order valence-corrected chi connectivity index (χ0v) is 17.6. The SMILES string of the molecule is CN(CC1CCCCC1)C(=O)CN1CCN(S(=O)(=O)c2ccc(F)c(F)c2)CC1. The number of hydrogen-bond acceptors (Lipinski definition) is 4. The van der Waals surface area contributed by atoms with Gasteiger partial charge in [0, 0.05) is 39.8 Å². The highest BCUT2D eigenvalue weighted by Gasteiger charge is 2.30. The van der Waals surface area contributed by atoms with Gasteiger partial charge in [0.2, 0.25) is 15.9 Å². The van der Waals surface area contributed by atoms with Gasteiger partial charge in [-0.25, -0.2) is 17.2 Å². The van der Waals surface area contributed by atoms with E-state index in [2.05, 4.69) is 0 Å². The smallest absolute Gasteiger partial charge is 0.243 e. The fourth-order valence-corrected chi connectivity index (χ4v) is 5.52. The third-order valence-corrected chi connectivity index (χ3v) is 7.80. The van der Waals surface area contributed by atoms with Crippen LogP contribution in [-0.4, -0.2) is 74.7 Å². The van der Waals surface area contributed by atoms with Crippen molar-refractivity contribution in [2.75, 3.05) is 46.3 Å².